The maximum atomic E-state index is 3.48. The molecule has 2 nitrogen and oxygen atoms in total. The molecule has 2 aromatic carbocycles. The van der Waals surface area contributed by atoms with Crippen molar-refractivity contribution < 1.29 is 0 Å². The number of fused-ring (bicyclic) bond motifs is 2. The SMILES string of the molecule is C[C@@H]1C[C@@H]2c3cccc4[nH]cc(c34)C[C@H]2N(c2ccccc2)C1. The Balaban J connectivity index is 1.65. The Hall–Kier alpha value is -2.22. The number of piperidine rings is 1. The van der Waals surface area contributed by atoms with Crippen LogP contribution < -0.4 is 4.90 Å². The molecule has 3 aromatic rings. The van der Waals surface area contributed by atoms with Gasteiger partial charge in [0.15, 0.2) is 0 Å². The summed E-state index contributed by atoms with van der Waals surface area (Å²) in [7, 11) is 0. The summed E-state index contributed by atoms with van der Waals surface area (Å²) in [6.45, 7) is 3.57. The number of aromatic nitrogens is 1. The fourth-order valence-corrected chi connectivity index (χ4v) is 4.84. The number of hydrogen-bond donors (Lipinski definition) is 1. The smallest absolute Gasteiger partial charge is 0.0459 e. The Bertz CT molecular complexity index is 849. The van der Waals surface area contributed by atoms with E-state index >= 15 is 0 Å². The molecule has 2 heterocycles. The summed E-state index contributed by atoms with van der Waals surface area (Å²) in [4.78, 5) is 6.14. The molecule has 0 amide bonds. The Kier molecular flexibility index (Phi) is 2.81. The number of aromatic amines is 1. The van der Waals surface area contributed by atoms with E-state index in [2.05, 4.69) is 71.5 Å². The third-order valence-corrected chi connectivity index (χ3v) is 5.77. The summed E-state index contributed by atoms with van der Waals surface area (Å²) in [5, 5.41) is 1.50. The van der Waals surface area contributed by atoms with Crippen molar-refractivity contribution >= 4 is 16.6 Å². The molecule has 1 aliphatic carbocycles. The molecule has 0 bridgehead atoms. The van der Waals surface area contributed by atoms with Crippen molar-refractivity contribution in [3.05, 3.63) is 65.9 Å². The number of anilines is 1. The molecular weight excluding hydrogens is 280 g/mol. The van der Waals surface area contributed by atoms with Gasteiger partial charge in [-0.25, -0.2) is 0 Å². The number of nitrogens with one attached hydrogen (secondary N) is 1. The van der Waals surface area contributed by atoms with E-state index in [4.69, 9.17) is 0 Å². The lowest BCUT2D eigenvalue weighted by atomic mass is 9.72. The van der Waals surface area contributed by atoms with Crippen molar-refractivity contribution in [2.45, 2.75) is 31.7 Å². The van der Waals surface area contributed by atoms with Crippen molar-refractivity contribution in [3.8, 4) is 0 Å². The van der Waals surface area contributed by atoms with Crippen molar-refractivity contribution in [2.75, 3.05) is 11.4 Å². The minimum Gasteiger partial charge on any atom is -0.367 e. The highest BCUT2D eigenvalue weighted by Gasteiger charge is 2.39. The maximum absolute atomic E-state index is 3.48. The molecular formula is C21H22N2. The molecule has 116 valence electrons. The molecule has 1 N–H and O–H groups in total. The summed E-state index contributed by atoms with van der Waals surface area (Å²) in [5.41, 5.74) is 5.73. The van der Waals surface area contributed by atoms with Gasteiger partial charge >= 0.3 is 0 Å². The molecule has 1 saturated heterocycles. The van der Waals surface area contributed by atoms with E-state index in [1.165, 1.54) is 35.1 Å². The molecule has 1 aromatic heterocycles. The van der Waals surface area contributed by atoms with E-state index in [9.17, 15) is 0 Å². The second kappa shape index (κ2) is 4.89. The lowest BCUT2D eigenvalue weighted by Crippen LogP contribution is -2.49. The van der Waals surface area contributed by atoms with E-state index in [1.807, 2.05) is 0 Å². The average Bonchev–Trinajstić information content (AvgIpc) is 3.00. The lowest BCUT2D eigenvalue weighted by Gasteiger charge is -2.47. The summed E-state index contributed by atoms with van der Waals surface area (Å²) in [6, 6.07) is 18.3. The fourth-order valence-electron chi connectivity index (χ4n) is 4.84. The Morgan fingerprint density at radius 2 is 1.91 bits per heavy atom. The Morgan fingerprint density at radius 3 is 2.78 bits per heavy atom. The van der Waals surface area contributed by atoms with Gasteiger partial charge in [-0.05, 0) is 48.1 Å². The molecule has 3 atom stereocenters. The van der Waals surface area contributed by atoms with E-state index in [0.29, 0.717) is 12.0 Å². The molecule has 1 aliphatic heterocycles. The van der Waals surface area contributed by atoms with E-state index in [0.717, 1.165) is 12.3 Å². The van der Waals surface area contributed by atoms with Crippen LogP contribution in [0.2, 0.25) is 0 Å². The third kappa shape index (κ3) is 1.94. The monoisotopic (exact) mass is 302 g/mol. The molecule has 2 aliphatic rings. The predicted molar refractivity (Wildman–Crippen MR) is 96.1 cm³/mol. The normalized spacial score (nSPS) is 26.3. The van der Waals surface area contributed by atoms with Crippen LogP contribution in [0.1, 0.15) is 30.4 Å². The number of H-pyrrole nitrogens is 1. The number of hydrogen-bond acceptors (Lipinski definition) is 1. The zero-order chi connectivity index (χ0) is 15.4. The molecule has 0 spiro atoms. The Labute approximate surface area is 137 Å². The second-order valence-electron chi connectivity index (χ2n) is 7.29. The molecule has 2 heteroatoms. The van der Waals surface area contributed by atoms with Gasteiger partial charge < -0.3 is 9.88 Å². The summed E-state index contributed by atoms with van der Waals surface area (Å²) in [6.07, 6.45) is 4.69. The van der Waals surface area contributed by atoms with E-state index in [-0.39, 0.29) is 0 Å². The van der Waals surface area contributed by atoms with Crippen molar-refractivity contribution in [2.24, 2.45) is 5.92 Å². The summed E-state index contributed by atoms with van der Waals surface area (Å²) >= 11 is 0. The molecule has 0 radical (unpaired) electrons. The lowest BCUT2D eigenvalue weighted by molar-refractivity contribution is 0.326. The van der Waals surface area contributed by atoms with Crippen LogP contribution in [-0.4, -0.2) is 17.6 Å². The zero-order valence-electron chi connectivity index (χ0n) is 13.5. The topological polar surface area (TPSA) is 19.0 Å². The van der Waals surface area contributed by atoms with Crippen molar-refractivity contribution in [3.63, 3.8) is 0 Å². The largest absolute Gasteiger partial charge is 0.367 e. The predicted octanol–water partition coefficient (Wildman–Crippen LogP) is 4.72. The number of rotatable bonds is 1. The maximum Gasteiger partial charge on any atom is 0.0459 e. The van der Waals surface area contributed by atoms with Crippen LogP contribution in [-0.2, 0) is 6.42 Å². The summed E-state index contributed by atoms with van der Waals surface area (Å²) < 4.78 is 0. The molecule has 0 saturated carbocycles. The number of nitrogens with zero attached hydrogens (tertiary/aromatic N) is 1. The van der Waals surface area contributed by atoms with Crippen LogP contribution in [0.15, 0.2) is 54.7 Å². The highest BCUT2D eigenvalue weighted by molar-refractivity contribution is 5.88. The standard InChI is InChI=1S/C21H22N2/c1-14-10-18-17-8-5-9-19-21(17)15(12-22-19)11-20(18)23(13-14)16-6-3-2-4-7-16/h2-9,12,14,18,20,22H,10-11,13H2,1H3/t14-,18-,20-/m1/s1. The van der Waals surface area contributed by atoms with Gasteiger partial charge in [0.25, 0.3) is 0 Å². The zero-order valence-corrected chi connectivity index (χ0v) is 13.5. The first kappa shape index (κ1) is 13.2. The van der Waals surface area contributed by atoms with Crippen LogP contribution in [0.5, 0.6) is 0 Å². The number of benzene rings is 2. The van der Waals surface area contributed by atoms with Gasteiger partial charge in [-0.15, -0.1) is 0 Å². The van der Waals surface area contributed by atoms with Crippen LogP contribution >= 0.6 is 0 Å². The highest BCUT2D eigenvalue weighted by atomic mass is 15.2. The third-order valence-electron chi connectivity index (χ3n) is 5.77. The second-order valence-corrected chi connectivity index (χ2v) is 7.29. The van der Waals surface area contributed by atoms with Gasteiger partial charge in [0.05, 0.1) is 0 Å². The minimum absolute atomic E-state index is 0.586. The fraction of sp³-hybridized carbons (Fsp3) is 0.333. The van der Waals surface area contributed by atoms with Gasteiger partial charge in [-0.1, -0.05) is 37.3 Å². The van der Waals surface area contributed by atoms with Gasteiger partial charge in [-0.3, -0.25) is 0 Å². The highest BCUT2D eigenvalue weighted by Crippen LogP contribution is 2.45. The molecule has 1 fully saturated rings. The first-order chi connectivity index (χ1) is 11.3. The molecule has 0 unspecified atom stereocenters. The quantitative estimate of drug-likeness (QED) is 0.689. The number of para-hydroxylation sites is 1. The average molecular weight is 302 g/mol. The first-order valence-corrected chi connectivity index (χ1v) is 8.72. The van der Waals surface area contributed by atoms with Crippen molar-refractivity contribution in [1.29, 1.82) is 0 Å². The van der Waals surface area contributed by atoms with Crippen LogP contribution in [0.25, 0.3) is 10.9 Å². The van der Waals surface area contributed by atoms with Gasteiger partial charge in [0, 0.05) is 41.3 Å². The van der Waals surface area contributed by atoms with Gasteiger partial charge in [0.2, 0.25) is 0 Å². The molecule has 5 rings (SSSR count). The van der Waals surface area contributed by atoms with Crippen LogP contribution in [0.3, 0.4) is 0 Å². The van der Waals surface area contributed by atoms with Gasteiger partial charge in [-0.2, -0.15) is 0 Å². The van der Waals surface area contributed by atoms with E-state index < -0.39 is 0 Å². The van der Waals surface area contributed by atoms with Gasteiger partial charge in [0.1, 0.15) is 0 Å². The van der Waals surface area contributed by atoms with Crippen LogP contribution in [0, 0.1) is 5.92 Å². The first-order valence-electron chi connectivity index (χ1n) is 8.72. The van der Waals surface area contributed by atoms with Crippen molar-refractivity contribution in [1.82, 2.24) is 4.98 Å². The minimum atomic E-state index is 0.586. The van der Waals surface area contributed by atoms with Crippen LogP contribution in [0.4, 0.5) is 5.69 Å². The van der Waals surface area contributed by atoms with E-state index in [1.54, 1.807) is 5.56 Å². The summed E-state index contributed by atoms with van der Waals surface area (Å²) in [5.74, 6) is 1.37. The Morgan fingerprint density at radius 1 is 1.04 bits per heavy atom. The molecule has 23 heavy (non-hydrogen) atoms.